The lowest BCUT2D eigenvalue weighted by molar-refractivity contribution is -0.140. The molecule has 106 valence electrons. The highest BCUT2D eigenvalue weighted by Gasteiger charge is 2.53. The highest BCUT2D eigenvalue weighted by molar-refractivity contribution is 7.95. The number of piperidine rings is 1. The summed E-state index contributed by atoms with van der Waals surface area (Å²) >= 11 is 6.23. The Bertz CT molecular complexity index is 522. The lowest BCUT2D eigenvalue weighted by atomic mass is 10.00. The first-order valence-electron chi connectivity index (χ1n) is 6.11. The van der Waals surface area contributed by atoms with Crippen LogP contribution in [-0.4, -0.2) is 42.0 Å². The van der Waals surface area contributed by atoms with E-state index in [1.54, 1.807) is 0 Å². The van der Waals surface area contributed by atoms with Crippen molar-refractivity contribution in [1.29, 1.82) is 0 Å². The van der Waals surface area contributed by atoms with Gasteiger partial charge in [0.2, 0.25) is 0 Å². The van der Waals surface area contributed by atoms with Crippen LogP contribution >= 0.6 is 11.6 Å². The van der Waals surface area contributed by atoms with E-state index in [0.29, 0.717) is 13.0 Å². The lowest BCUT2D eigenvalue weighted by Crippen LogP contribution is -2.51. The van der Waals surface area contributed by atoms with Crippen molar-refractivity contribution in [1.82, 2.24) is 5.32 Å². The zero-order chi connectivity index (χ0) is 14.1. The van der Waals surface area contributed by atoms with Crippen LogP contribution in [0.4, 0.5) is 0 Å². The maximum absolute atomic E-state index is 12.7. The summed E-state index contributed by atoms with van der Waals surface area (Å²) < 4.78 is 23.4. The Balaban J connectivity index is 2.38. The fraction of sp³-hybridized carbons (Fsp3) is 0.583. The average Bonchev–Trinajstić information content (AvgIpc) is 2.39. The van der Waals surface area contributed by atoms with Crippen LogP contribution in [0, 0.1) is 5.92 Å². The van der Waals surface area contributed by atoms with Gasteiger partial charge in [-0.05, 0) is 25.5 Å². The molecule has 3 atom stereocenters. The number of carboxylic acid groups (broad SMARTS) is 1. The second-order valence-corrected chi connectivity index (χ2v) is 8.05. The van der Waals surface area contributed by atoms with Gasteiger partial charge < -0.3 is 10.4 Å². The van der Waals surface area contributed by atoms with E-state index in [-0.39, 0.29) is 0 Å². The van der Waals surface area contributed by atoms with Gasteiger partial charge in [0.15, 0.2) is 14.0 Å². The zero-order valence-corrected chi connectivity index (χ0v) is 11.8. The summed E-state index contributed by atoms with van der Waals surface area (Å²) in [5.74, 6) is -2.49. The summed E-state index contributed by atoms with van der Waals surface area (Å²) in [5.41, 5.74) is 0. The van der Waals surface area contributed by atoms with Gasteiger partial charge in [0.1, 0.15) is 5.92 Å². The fourth-order valence-corrected chi connectivity index (χ4v) is 5.20. The maximum Gasteiger partial charge on any atom is 0.313 e. The highest BCUT2D eigenvalue weighted by atomic mass is 35.5. The van der Waals surface area contributed by atoms with Gasteiger partial charge >= 0.3 is 5.97 Å². The van der Waals surface area contributed by atoms with Crippen LogP contribution in [0.25, 0.3) is 0 Å². The van der Waals surface area contributed by atoms with Crippen molar-refractivity contribution in [2.24, 2.45) is 5.92 Å². The normalized spacial score (nSPS) is 35.2. The molecule has 1 fully saturated rings. The van der Waals surface area contributed by atoms with Crippen LogP contribution in [0.2, 0.25) is 0 Å². The van der Waals surface area contributed by atoms with E-state index in [4.69, 9.17) is 11.6 Å². The molecule has 1 saturated heterocycles. The monoisotopic (exact) mass is 305 g/mol. The summed E-state index contributed by atoms with van der Waals surface area (Å²) in [4.78, 5) is 11.2. The molecular weight excluding hydrogens is 290 g/mol. The van der Waals surface area contributed by atoms with Crippen molar-refractivity contribution in [2.45, 2.75) is 22.3 Å². The summed E-state index contributed by atoms with van der Waals surface area (Å²) in [7, 11) is -3.79. The number of allylic oxidation sites excluding steroid dienone is 2. The Labute approximate surface area is 117 Å². The summed E-state index contributed by atoms with van der Waals surface area (Å²) in [6.45, 7) is 1.10. The first kappa shape index (κ1) is 14.6. The molecule has 0 saturated carbocycles. The standard InChI is InChI=1S/C12H16ClNO4S/c13-12(6-2-1-5-10(12)11(15)16)19(17,18)9-4-3-7-14-8-9/h1-2,5-6,9-10,14H,3-4,7-8H2,(H,15,16). The van der Waals surface area contributed by atoms with Crippen molar-refractivity contribution in [3.8, 4) is 0 Å². The first-order chi connectivity index (χ1) is 8.89. The topological polar surface area (TPSA) is 83.5 Å². The molecule has 2 rings (SSSR count). The third-order valence-electron chi connectivity index (χ3n) is 3.55. The van der Waals surface area contributed by atoms with Gasteiger partial charge in [-0.3, -0.25) is 4.79 Å². The molecule has 0 radical (unpaired) electrons. The van der Waals surface area contributed by atoms with Gasteiger partial charge in [-0.15, -0.1) is 0 Å². The number of hydrogen-bond donors (Lipinski definition) is 2. The van der Waals surface area contributed by atoms with Gasteiger partial charge in [-0.25, -0.2) is 8.42 Å². The molecule has 0 aromatic carbocycles. The van der Waals surface area contributed by atoms with Gasteiger partial charge in [0.25, 0.3) is 0 Å². The quantitative estimate of drug-likeness (QED) is 0.757. The van der Waals surface area contributed by atoms with E-state index in [2.05, 4.69) is 5.32 Å². The fourth-order valence-electron chi connectivity index (χ4n) is 2.46. The predicted molar refractivity (Wildman–Crippen MR) is 72.8 cm³/mol. The molecule has 19 heavy (non-hydrogen) atoms. The second-order valence-electron chi connectivity index (χ2n) is 4.77. The van der Waals surface area contributed by atoms with E-state index in [0.717, 1.165) is 13.0 Å². The van der Waals surface area contributed by atoms with Crippen molar-refractivity contribution in [3.05, 3.63) is 24.3 Å². The number of hydrogen-bond acceptors (Lipinski definition) is 4. The Morgan fingerprint density at radius 1 is 1.42 bits per heavy atom. The largest absolute Gasteiger partial charge is 0.481 e. The number of carboxylic acids is 1. The molecule has 0 aromatic heterocycles. The molecule has 1 aliphatic heterocycles. The molecule has 7 heteroatoms. The van der Waals surface area contributed by atoms with Crippen LogP contribution in [0.5, 0.6) is 0 Å². The van der Waals surface area contributed by atoms with E-state index >= 15 is 0 Å². The molecule has 0 aromatic rings. The van der Waals surface area contributed by atoms with E-state index < -0.39 is 31.2 Å². The van der Waals surface area contributed by atoms with Gasteiger partial charge in [0, 0.05) is 6.54 Å². The van der Waals surface area contributed by atoms with E-state index in [1.165, 1.54) is 24.3 Å². The minimum Gasteiger partial charge on any atom is -0.481 e. The molecule has 1 aliphatic carbocycles. The zero-order valence-electron chi connectivity index (χ0n) is 10.3. The minimum atomic E-state index is -3.79. The molecule has 5 nitrogen and oxygen atoms in total. The lowest BCUT2D eigenvalue weighted by Gasteiger charge is -2.34. The Kier molecular flexibility index (Phi) is 4.03. The molecule has 0 spiro atoms. The third kappa shape index (κ3) is 2.44. The van der Waals surface area contributed by atoms with Crippen molar-refractivity contribution >= 4 is 27.4 Å². The Hall–Kier alpha value is -0.850. The van der Waals surface area contributed by atoms with Crippen LogP contribution in [0.15, 0.2) is 24.3 Å². The first-order valence-corrected chi connectivity index (χ1v) is 8.04. The molecule has 1 heterocycles. The van der Waals surface area contributed by atoms with Crippen LogP contribution in [0.1, 0.15) is 12.8 Å². The number of halogens is 1. The van der Waals surface area contributed by atoms with Crippen LogP contribution < -0.4 is 5.32 Å². The van der Waals surface area contributed by atoms with Crippen LogP contribution in [-0.2, 0) is 14.6 Å². The maximum atomic E-state index is 12.7. The molecule has 2 aliphatic rings. The summed E-state index contributed by atoms with van der Waals surface area (Å²) in [5, 5.41) is 11.6. The van der Waals surface area contributed by atoms with Crippen molar-refractivity contribution in [3.63, 3.8) is 0 Å². The number of carbonyl (C=O) groups is 1. The van der Waals surface area contributed by atoms with Crippen LogP contribution in [0.3, 0.4) is 0 Å². The van der Waals surface area contributed by atoms with Crippen molar-refractivity contribution < 1.29 is 18.3 Å². The highest BCUT2D eigenvalue weighted by Crippen LogP contribution is 2.40. The summed E-state index contributed by atoms with van der Waals surface area (Å²) in [6.07, 6.45) is 6.84. The number of nitrogens with one attached hydrogen (secondary N) is 1. The third-order valence-corrected chi connectivity index (χ3v) is 7.10. The van der Waals surface area contributed by atoms with Crippen molar-refractivity contribution in [2.75, 3.05) is 13.1 Å². The van der Waals surface area contributed by atoms with E-state index in [9.17, 15) is 18.3 Å². The number of sulfone groups is 1. The molecule has 0 amide bonds. The SMILES string of the molecule is O=C(O)C1C=CC=CC1(Cl)S(=O)(=O)C1CCCNC1. The second kappa shape index (κ2) is 5.26. The van der Waals surface area contributed by atoms with Gasteiger partial charge in [-0.2, -0.15) is 0 Å². The molecule has 3 unspecified atom stereocenters. The average molecular weight is 306 g/mol. The number of aliphatic carboxylic acids is 1. The van der Waals surface area contributed by atoms with Gasteiger partial charge in [0.05, 0.1) is 5.25 Å². The van der Waals surface area contributed by atoms with E-state index in [1.807, 2.05) is 0 Å². The molecule has 2 N–H and O–H groups in total. The molecular formula is C12H16ClNO4S. The number of rotatable bonds is 3. The Morgan fingerprint density at radius 2 is 2.16 bits per heavy atom. The predicted octanol–water partition coefficient (Wildman–Crippen LogP) is 0.915. The summed E-state index contributed by atoms with van der Waals surface area (Å²) in [6, 6.07) is 0. The minimum absolute atomic E-state index is 0.320. The Morgan fingerprint density at radius 3 is 2.74 bits per heavy atom. The molecule has 0 bridgehead atoms. The smallest absolute Gasteiger partial charge is 0.313 e. The number of alkyl halides is 1. The van der Waals surface area contributed by atoms with Gasteiger partial charge in [-0.1, -0.05) is 29.8 Å².